The third kappa shape index (κ3) is 6.17. The Balaban J connectivity index is 1.31. The van der Waals surface area contributed by atoms with Crippen LogP contribution in [0, 0.1) is 5.82 Å². The average molecular weight is 552 g/mol. The number of amides is 3. The molecule has 1 N–H and O–H groups in total. The predicted molar refractivity (Wildman–Crippen MR) is 148 cm³/mol. The smallest absolute Gasteiger partial charge is 0.293 e. The molecule has 0 bridgehead atoms. The van der Waals surface area contributed by atoms with Crippen LogP contribution in [0.1, 0.15) is 30.9 Å². The molecular weight excluding hydrogens is 521 g/mol. The highest BCUT2D eigenvalue weighted by atomic mass is 32.2. The number of rotatable bonds is 10. The highest BCUT2D eigenvalue weighted by Gasteiger charge is 2.35. The van der Waals surface area contributed by atoms with Crippen molar-refractivity contribution in [3.05, 3.63) is 70.5 Å². The molecule has 0 saturated carbocycles. The Labute approximate surface area is 230 Å². The van der Waals surface area contributed by atoms with E-state index in [-0.39, 0.29) is 42.8 Å². The number of ether oxygens (including phenoxy) is 2. The summed E-state index contributed by atoms with van der Waals surface area (Å²) in [7, 11) is 0. The van der Waals surface area contributed by atoms with E-state index in [1.54, 1.807) is 6.08 Å². The van der Waals surface area contributed by atoms with Crippen molar-refractivity contribution in [3.63, 3.8) is 0 Å². The van der Waals surface area contributed by atoms with Crippen LogP contribution in [0.25, 0.3) is 17.0 Å². The molecule has 0 aliphatic carbocycles. The molecule has 3 aromatic rings. The van der Waals surface area contributed by atoms with Crippen LogP contribution in [0.15, 0.2) is 53.6 Å². The summed E-state index contributed by atoms with van der Waals surface area (Å²) in [6, 6.07) is 11.5. The van der Waals surface area contributed by atoms with Gasteiger partial charge in [-0.3, -0.25) is 19.3 Å². The van der Waals surface area contributed by atoms with Crippen molar-refractivity contribution < 1.29 is 28.2 Å². The number of nitrogens with zero attached hydrogens (tertiary/aromatic N) is 2. The molecule has 2 fully saturated rings. The van der Waals surface area contributed by atoms with Gasteiger partial charge in [-0.05, 0) is 66.9 Å². The highest BCUT2D eigenvalue weighted by molar-refractivity contribution is 8.18. The predicted octanol–water partition coefficient (Wildman–Crippen LogP) is 4.75. The molecule has 2 aromatic carbocycles. The van der Waals surface area contributed by atoms with Gasteiger partial charge in [0.15, 0.2) is 0 Å². The number of aromatic nitrogens is 1. The molecule has 10 heteroatoms. The van der Waals surface area contributed by atoms with Gasteiger partial charge in [-0.25, -0.2) is 4.39 Å². The molecule has 3 heterocycles. The second-order valence-electron chi connectivity index (χ2n) is 9.45. The average Bonchev–Trinajstić information content (AvgIpc) is 3.64. The minimum Gasteiger partial charge on any atom is -0.492 e. The summed E-state index contributed by atoms with van der Waals surface area (Å²) in [5.41, 5.74) is 2.79. The van der Waals surface area contributed by atoms with E-state index in [4.69, 9.17) is 9.47 Å². The Hall–Kier alpha value is -3.63. The van der Waals surface area contributed by atoms with E-state index in [2.05, 4.69) is 12.2 Å². The second-order valence-corrected chi connectivity index (χ2v) is 10.4. The molecule has 1 aromatic heterocycles. The van der Waals surface area contributed by atoms with E-state index in [0.29, 0.717) is 17.2 Å². The van der Waals surface area contributed by atoms with Gasteiger partial charge < -0.3 is 19.4 Å². The van der Waals surface area contributed by atoms with Crippen LogP contribution in [0.2, 0.25) is 0 Å². The third-order valence-electron chi connectivity index (χ3n) is 6.82. The molecule has 5 rings (SSSR count). The molecular formula is C29H30FN3O5S. The monoisotopic (exact) mass is 551 g/mol. The maximum absolute atomic E-state index is 13.1. The fraction of sp³-hybridized carbons (Fsp3) is 0.345. The lowest BCUT2D eigenvalue weighted by Gasteiger charge is -2.13. The molecule has 2 saturated heterocycles. The maximum atomic E-state index is 13.1. The van der Waals surface area contributed by atoms with Crippen LogP contribution in [-0.2, 0) is 27.3 Å². The van der Waals surface area contributed by atoms with E-state index in [0.717, 1.165) is 64.6 Å². The fourth-order valence-electron chi connectivity index (χ4n) is 4.85. The first-order chi connectivity index (χ1) is 18.9. The van der Waals surface area contributed by atoms with Gasteiger partial charge in [0, 0.05) is 30.3 Å². The van der Waals surface area contributed by atoms with Crippen molar-refractivity contribution in [3.8, 4) is 5.75 Å². The van der Waals surface area contributed by atoms with Gasteiger partial charge in [-0.15, -0.1) is 0 Å². The van der Waals surface area contributed by atoms with Gasteiger partial charge in [0.2, 0.25) is 5.91 Å². The molecule has 0 spiro atoms. The lowest BCUT2D eigenvalue weighted by Crippen LogP contribution is -2.34. The van der Waals surface area contributed by atoms with Crippen LogP contribution in [0.5, 0.6) is 5.75 Å². The van der Waals surface area contributed by atoms with Crippen LogP contribution in [0.4, 0.5) is 9.18 Å². The quantitative estimate of drug-likeness (QED) is 0.366. The number of nitrogens with one attached hydrogen (secondary N) is 1. The molecule has 2 aliphatic rings. The summed E-state index contributed by atoms with van der Waals surface area (Å²) in [5, 5.41) is 3.51. The van der Waals surface area contributed by atoms with E-state index in [9.17, 15) is 18.8 Å². The Bertz CT molecular complexity index is 1410. The maximum Gasteiger partial charge on any atom is 0.293 e. The Morgan fingerprint density at radius 3 is 2.79 bits per heavy atom. The van der Waals surface area contributed by atoms with Gasteiger partial charge in [0.1, 0.15) is 24.7 Å². The number of para-hydroxylation sites is 1. The van der Waals surface area contributed by atoms with E-state index >= 15 is 0 Å². The van der Waals surface area contributed by atoms with Crippen molar-refractivity contribution in [2.45, 2.75) is 38.8 Å². The van der Waals surface area contributed by atoms with Crippen LogP contribution >= 0.6 is 11.8 Å². The summed E-state index contributed by atoms with van der Waals surface area (Å²) < 4.78 is 26.2. The van der Waals surface area contributed by atoms with Crippen LogP contribution in [-0.4, -0.2) is 58.9 Å². The summed E-state index contributed by atoms with van der Waals surface area (Å²) >= 11 is 0.880. The summed E-state index contributed by atoms with van der Waals surface area (Å²) in [6.45, 7) is 3.59. The molecule has 39 heavy (non-hydrogen) atoms. The molecule has 0 radical (unpaired) electrons. The molecule has 2 aliphatic heterocycles. The van der Waals surface area contributed by atoms with Crippen molar-refractivity contribution in [2.24, 2.45) is 0 Å². The van der Waals surface area contributed by atoms with Gasteiger partial charge in [-0.2, -0.15) is 0 Å². The number of benzene rings is 2. The lowest BCUT2D eigenvalue weighted by molar-refractivity contribution is -0.123. The van der Waals surface area contributed by atoms with Crippen molar-refractivity contribution in [2.75, 3.05) is 26.3 Å². The molecule has 1 atom stereocenters. The zero-order valence-corrected chi connectivity index (χ0v) is 22.5. The number of aryl methyl sites for hydroxylation is 1. The zero-order valence-electron chi connectivity index (χ0n) is 21.7. The molecule has 3 amide bonds. The van der Waals surface area contributed by atoms with E-state index < -0.39 is 5.91 Å². The lowest BCUT2D eigenvalue weighted by atomic mass is 10.1. The topological polar surface area (TPSA) is 89.9 Å². The number of imide groups is 1. The second kappa shape index (κ2) is 12.0. The first-order valence-corrected chi connectivity index (χ1v) is 13.9. The van der Waals surface area contributed by atoms with Crippen molar-refractivity contribution in [1.29, 1.82) is 0 Å². The molecule has 0 unspecified atom stereocenters. The number of halogens is 1. The van der Waals surface area contributed by atoms with Gasteiger partial charge in [-0.1, -0.05) is 25.1 Å². The highest BCUT2D eigenvalue weighted by Crippen LogP contribution is 2.35. The van der Waals surface area contributed by atoms with Crippen LogP contribution in [0.3, 0.4) is 0 Å². The number of carbonyl (C=O) groups is 3. The first-order valence-electron chi connectivity index (χ1n) is 13.1. The third-order valence-corrected chi connectivity index (χ3v) is 7.72. The van der Waals surface area contributed by atoms with Gasteiger partial charge in [0.05, 0.1) is 23.1 Å². The Kier molecular flexibility index (Phi) is 8.33. The van der Waals surface area contributed by atoms with Gasteiger partial charge in [0.25, 0.3) is 11.1 Å². The number of hydrogen-bond donors (Lipinski definition) is 1. The van der Waals surface area contributed by atoms with Crippen LogP contribution < -0.4 is 10.1 Å². The van der Waals surface area contributed by atoms with Crippen molar-refractivity contribution >= 4 is 45.8 Å². The number of thioether (sulfide) groups is 1. The number of carbonyl (C=O) groups excluding carboxylic acids is 3. The van der Waals surface area contributed by atoms with E-state index in [1.807, 2.05) is 29.0 Å². The zero-order chi connectivity index (χ0) is 27.4. The fourth-order valence-corrected chi connectivity index (χ4v) is 5.71. The van der Waals surface area contributed by atoms with E-state index in [1.165, 1.54) is 24.3 Å². The normalized spacial score (nSPS) is 18.5. The molecule has 8 nitrogen and oxygen atoms in total. The Morgan fingerprint density at radius 1 is 1.23 bits per heavy atom. The van der Waals surface area contributed by atoms with Gasteiger partial charge >= 0.3 is 0 Å². The minimum atomic E-state index is -0.394. The largest absolute Gasteiger partial charge is 0.492 e. The number of hydrogen-bond acceptors (Lipinski definition) is 6. The number of fused-ring (bicyclic) bond motifs is 1. The van der Waals surface area contributed by atoms with Crippen molar-refractivity contribution in [1.82, 2.24) is 14.8 Å². The molecule has 204 valence electrons. The summed E-state index contributed by atoms with van der Waals surface area (Å²) in [4.78, 5) is 40.0. The minimum absolute atomic E-state index is 0.0637. The summed E-state index contributed by atoms with van der Waals surface area (Å²) in [5.74, 6) is -0.417. The SMILES string of the molecule is CCc1cccc2c(/C=C3\SC(=O)N(CCOc4ccc(F)cc4)C3=O)cn(CC(=O)NC[C@H]3CCCO3)c12. The summed E-state index contributed by atoms with van der Waals surface area (Å²) in [6.07, 6.45) is 6.38. The first kappa shape index (κ1) is 27.0. The standard InChI is InChI=1S/C29H30FN3O5S/c1-2-19-5-3-7-24-20(17-32(27(19)24)18-26(34)31-16-23-6-4-13-37-23)15-25-28(35)33(29(36)39-25)12-14-38-22-10-8-21(30)9-11-22/h3,5,7-11,15,17,23H,2,4,6,12-14,16,18H2,1H3,(H,31,34)/b25-15-/t23-/m1/s1. The Morgan fingerprint density at radius 2 is 2.05 bits per heavy atom.